The summed E-state index contributed by atoms with van der Waals surface area (Å²) in [5, 5.41) is 17.4. The zero-order valence-corrected chi connectivity index (χ0v) is 34.8. The molecule has 1 atom stereocenters. The smallest absolute Gasteiger partial charge is 0.256 e. The zero-order valence-electron chi connectivity index (χ0n) is 34.8. The van der Waals surface area contributed by atoms with Crippen molar-refractivity contribution in [2.45, 2.75) is 258 Å². The summed E-state index contributed by atoms with van der Waals surface area (Å²) in [7, 11) is 3.83. The van der Waals surface area contributed by atoms with Gasteiger partial charge in [-0.1, -0.05) is 207 Å². The number of nitrogens with one attached hydrogen (secondary N) is 2. The van der Waals surface area contributed by atoms with Crippen molar-refractivity contribution >= 4 is 11.8 Å². The lowest BCUT2D eigenvalue weighted by molar-refractivity contribution is -0.988. The lowest BCUT2D eigenvalue weighted by Crippen LogP contribution is -2.78. The van der Waals surface area contributed by atoms with Gasteiger partial charge in [-0.2, -0.15) is 0 Å². The van der Waals surface area contributed by atoms with E-state index < -0.39 is 12.0 Å². The maximum atomic E-state index is 13.2. The zero-order chi connectivity index (χ0) is 37.2. The summed E-state index contributed by atoms with van der Waals surface area (Å²) >= 11 is 0. The van der Waals surface area contributed by atoms with E-state index >= 15 is 0 Å². The number of hydrogen-bond donors (Lipinski definition) is 3. The van der Waals surface area contributed by atoms with Gasteiger partial charge in [0.25, 0.3) is 5.79 Å². The predicted molar refractivity (Wildman–Crippen MR) is 217 cm³/mol. The van der Waals surface area contributed by atoms with Gasteiger partial charge in [0.15, 0.2) is 6.23 Å². The van der Waals surface area contributed by atoms with E-state index in [1.807, 2.05) is 27.9 Å². The predicted octanol–water partition coefficient (Wildman–Crippen LogP) is 12.6. The normalized spacial score (nSPS) is 12.7. The molecule has 0 aromatic rings. The Kier molecular flexibility index (Phi) is 32.9. The van der Waals surface area contributed by atoms with Gasteiger partial charge in [-0.3, -0.25) is 24.7 Å². The highest BCUT2D eigenvalue weighted by atomic mass is 16.3. The molecule has 0 aliphatic rings. The van der Waals surface area contributed by atoms with Crippen molar-refractivity contribution in [3.05, 3.63) is 0 Å². The minimum absolute atomic E-state index is 0.0386. The Balaban J connectivity index is 4.34. The first kappa shape index (κ1) is 48.9. The summed E-state index contributed by atoms with van der Waals surface area (Å²) in [5.74, 6) is -1.11. The van der Waals surface area contributed by atoms with Gasteiger partial charge in [0.2, 0.25) is 11.8 Å². The van der Waals surface area contributed by atoms with E-state index in [0.29, 0.717) is 25.7 Å². The molecule has 0 aliphatic heterocycles. The van der Waals surface area contributed by atoms with E-state index in [0.717, 1.165) is 25.7 Å². The number of carbonyl (C=O) groups is 2. The molecule has 0 fully saturated rings. The maximum Gasteiger partial charge on any atom is 0.256 e. The molecule has 0 aliphatic carbocycles. The molecule has 0 spiro atoms. The fourth-order valence-corrected chi connectivity index (χ4v) is 7.51. The van der Waals surface area contributed by atoms with Crippen LogP contribution in [0.3, 0.4) is 0 Å². The maximum absolute atomic E-state index is 13.2. The molecule has 2 amide bonds. The van der Waals surface area contributed by atoms with Crippen LogP contribution < -0.4 is 10.6 Å². The topological polar surface area (TPSA) is 78.4 Å². The molecule has 50 heavy (non-hydrogen) atoms. The number of quaternary nitrogens is 1. The summed E-state index contributed by atoms with van der Waals surface area (Å²) in [5.41, 5.74) is 0. The lowest BCUT2D eigenvalue weighted by atomic mass is 10.0. The van der Waals surface area contributed by atoms with Crippen LogP contribution in [0.1, 0.15) is 246 Å². The SMILES string of the molecule is CCCCCCCCCCCCCCCCCC(=O)NC(CC)(NC(=O)CCCCCCCCCCCCCCCCC)[N+](C)(C)C(O)CC. The first-order valence-corrected chi connectivity index (χ1v) is 22.3. The largest absolute Gasteiger partial charge is 0.345 e. The van der Waals surface area contributed by atoms with Crippen molar-refractivity contribution in [2.24, 2.45) is 0 Å². The quantitative estimate of drug-likeness (QED) is 0.0339. The molecule has 0 aromatic heterocycles. The van der Waals surface area contributed by atoms with Crippen molar-refractivity contribution in [3.8, 4) is 0 Å². The summed E-state index contributed by atoms with van der Waals surface area (Å²) in [4.78, 5) is 26.5. The standard InChI is InChI=1S/C44H89N3O3/c1-7-11-13-15-17-19-21-23-25-27-29-31-33-35-37-39-41(48)45-44(10-4,47(5,6)43(50)9-3)46-42(49)40-38-36-34-32-30-28-26-24-22-20-18-16-14-12-8-2/h43,50H,7-40H2,1-6H3,(H-,45,46,48,49)/p+1. The van der Waals surface area contributed by atoms with E-state index in [4.69, 9.17) is 0 Å². The van der Waals surface area contributed by atoms with Gasteiger partial charge >= 0.3 is 0 Å². The Hall–Kier alpha value is -1.14. The monoisotopic (exact) mass is 709 g/mol. The number of amides is 2. The number of hydrogen-bond acceptors (Lipinski definition) is 3. The third kappa shape index (κ3) is 24.9. The molecular formula is C44H90N3O3+. The molecule has 6 heteroatoms. The van der Waals surface area contributed by atoms with E-state index in [1.165, 1.54) is 167 Å². The minimum atomic E-state index is -1.03. The second kappa shape index (κ2) is 33.7. The van der Waals surface area contributed by atoms with E-state index in [2.05, 4.69) is 24.5 Å². The highest BCUT2D eigenvalue weighted by molar-refractivity contribution is 5.79. The fraction of sp³-hybridized carbons (Fsp3) is 0.955. The van der Waals surface area contributed by atoms with Crippen LogP contribution in [-0.2, 0) is 9.59 Å². The van der Waals surface area contributed by atoms with Crippen LogP contribution >= 0.6 is 0 Å². The molecule has 0 rings (SSSR count). The van der Waals surface area contributed by atoms with Crippen LogP contribution in [0, 0.1) is 0 Å². The van der Waals surface area contributed by atoms with E-state index in [9.17, 15) is 14.7 Å². The number of carbonyl (C=O) groups excluding carboxylic acids is 2. The molecule has 0 radical (unpaired) electrons. The first-order valence-electron chi connectivity index (χ1n) is 22.3. The fourth-order valence-electron chi connectivity index (χ4n) is 7.51. The Morgan fingerprint density at radius 2 is 0.700 bits per heavy atom. The highest BCUT2D eigenvalue weighted by Gasteiger charge is 2.50. The molecule has 298 valence electrons. The Morgan fingerprint density at radius 1 is 0.460 bits per heavy atom. The van der Waals surface area contributed by atoms with Crippen LogP contribution in [0.2, 0.25) is 0 Å². The number of aliphatic hydroxyl groups is 1. The van der Waals surface area contributed by atoms with Gasteiger partial charge in [-0.05, 0) is 12.8 Å². The van der Waals surface area contributed by atoms with Crippen molar-refractivity contribution in [1.82, 2.24) is 10.6 Å². The van der Waals surface area contributed by atoms with Crippen LogP contribution in [0.25, 0.3) is 0 Å². The van der Waals surface area contributed by atoms with Crippen LogP contribution in [-0.4, -0.2) is 47.5 Å². The molecule has 6 nitrogen and oxygen atoms in total. The third-order valence-electron chi connectivity index (χ3n) is 11.3. The van der Waals surface area contributed by atoms with Gasteiger partial charge in [0.1, 0.15) is 0 Å². The lowest BCUT2D eigenvalue weighted by Gasteiger charge is -2.50. The highest BCUT2D eigenvalue weighted by Crippen LogP contribution is 2.25. The van der Waals surface area contributed by atoms with Crippen molar-refractivity contribution in [1.29, 1.82) is 0 Å². The van der Waals surface area contributed by atoms with E-state index in [-0.39, 0.29) is 16.3 Å². The van der Waals surface area contributed by atoms with Crippen LogP contribution in [0.5, 0.6) is 0 Å². The average molecular weight is 709 g/mol. The minimum Gasteiger partial charge on any atom is -0.345 e. The van der Waals surface area contributed by atoms with Crippen LogP contribution in [0.4, 0.5) is 0 Å². The van der Waals surface area contributed by atoms with Crippen LogP contribution in [0.15, 0.2) is 0 Å². The molecule has 0 heterocycles. The van der Waals surface area contributed by atoms with Crippen molar-refractivity contribution in [3.63, 3.8) is 0 Å². The summed E-state index contributed by atoms with van der Waals surface area (Å²) in [6, 6.07) is 0. The molecular weight excluding hydrogens is 619 g/mol. The molecule has 0 bridgehead atoms. The Morgan fingerprint density at radius 3 is 0.920 bits per heavy atom. The second-order valence-corrected chi connectivity index (χ2v) is 16.1. The summed E-state index contributed by atoms with van der Waals surface area (Å²) < 4.78 is 0.106. The number of nitrogens with zero attached hydrogens (tertiary/aromatic N) is 1. The van der Waals surface area contributed by atoms with Gasteiger partial charge in [0.05, 0.1) is 14.1 Å². The van der Waals surface area contributed by atoms with Crippen molar-refractivity contribution < 1.29 is 19.2 Å². The second-order valence-electron chi connectivity index (χ2n) is 16.1. The Labute approximate surface area is 313 Å². The summed E-state index contributed by atoms with van der Waals surface area (Å²) in [6.07, 6.45) is 40.2. The molecule has 1 unspecified atom stereocenters. The van der Waals surface area contributed by atoms with Gasteiger partial charge in [-0.25, -0.2) is 0 Å². The molecule has 0 saturated carbocycles. The van der Waals surface area contributed by atoms with Gasteiger partial charge in [-0.15, -0.1) is 0 Å². The summed E-state index contributed by atoms with van der Waals surface area (Å²) in [6.45, 7) is 8.49. The molecule has 0 saturated heterocycles. The Bertz CT molecular complexity index is 724. The van der Waals surface area contributed by atoms with E-state index in [1.54, 1.807) is 0 Å². The van der Waals surface area contributed by atoms with Gasteiger partial charge in [0, 0.05) is 25.7 Å². The molecule has 3 N–H and O–H groups in total. The first-order chi connectivity index (χ1) is 24.2. The van der Waals surface area contributed by atoms with Crippen molar-refractivity contribution in [2.75, 3.05) is 14.1 Å². The number of rotatable bonds is 38. The third-order valence-corrected chi connectivity index (χ3v) is 11.3. The molecule has 0 aromatic carbocycles. The van der Waals surface area contributed by atoms with Gasteiger partial charge < -0.3 is 5.11 Å². The average Bonchev–Trinajstić information content (AvgIpc) is 3.10. The number of aliphatic hydroxyl groups excluding tert-OH is 1. The number of unbranched alkanes of at least 4 members (excludes halogenated alkanes) is 28.